The molecule has 1 amide bonds. The maximum Gasteiger partial charge on any atom is 0.262 e. The molecule has 0 spiro atoms. The number of rotatable bonds is 6. The highest BCUT2D eigenvalue weighted by molar-refractivity contribution is 7.92. The summed E-state index contributed by atoms with van der Waals surface area (Å²) in [6, 6.07) is 16.3. The number of nitrogens with one attached hydrogen (secondary N) is 2. The second-order valence-electron chi connectivity index (χ2n) is 5.95. The van der Waals surface area contributed by atoms with Crippen LogP contribution in [0.1, 0.15) is 10.4 Å². The van der Waals surface area contributed by atoms with E-state index in [-0.39, 0.29) is 27.6 Å². The number of halogens is 1. The molecular weight excluding hydrogens is 416 g/mol. The van der Waals surface area contributed by atoms with Gasteiger partial charge in [-0.05, 0) is 48.5 Å². The Morgan fingerprint density at radius 2 is 1.76 bits per heavy atom. The quantitative estimate of drug-likeness (QED) is 0.508. The van der Waals surface area contributed by atoms with Crippen LogP contribution in [0.15, 0.2) is 71.6 Å². The van der Waals surface area contributed by atoms with Crippen LogP contribution in [-0.2, 0) is 10.0 Å². The monoisotopic (exact) mass is 432 g/mol. The molecule has 0 aliphatic carbocycles. The van der Waals surface area contributed by atoms with Gasteiger partial charge in [0.1, 0.15) is 11.5 Å². The molecule has 0 aromatic heterocycles. The van der Waals surface area contributed by atoms with Crippen LogP contribution in [0.3, 0.4) is 0 Å². The average Bonchev–Trinajstić information content (AvgIpc) is 2.69. The molecule has 0 aliphatic heterocycles. The Kier molecular flexibility index (Phi) is 5.95. The van der Waals surface area contributed by atoms with Gasteiger partial charge in [-0.1, -0.05) is 29.8 Å². The molecule has 0 saturated carbocycles. The Balaban J connectivity index is 1.89. The predicted molar refractivity (Wildman–Crippen MR) is 111 cm³/mol. The standard InChI is InChI=1S/C20H17ClN2O5S/c1-28-19-8-3-2-7-16(19)23-29(26,27)15-9-10-18(24)17(12-15)22-20(25)13-5-4-6-14(21)11-13/h2-12,23-24H,1H3,(H,22,25). The van der Waals surface area contributed by atoms with Crippen molar-refractivity contribution in [3.05, 3.63) is 77.3 Å². The number of sulfonamides is 1. The number of hydrogen-bond donors (Lipinski definition) is 3. The van der Waals surface area contributed by atoms with Crippen LogP contribution in [0.5, 0.6) is 11.5 Å². The smallest absolute Gasteiger partial charge is 0.262 e. The maximum absolute atomic E-state index is 12.8. The van der Waals surface area contributed by atoms with Crippen molar-refractivity contribution in [2.45, 2.75) is 4.90 Å². The van der Waals surface area contributed by atoms with Crippen LogP contribution < -0.4 is 14.8 Å². The lowest BCUT2D eigenvalue weighted by atomic mass is 10.2. The summed E-state index contributed by atoms with van der Waals surface area (Å²) in [6.45, 7) is 0. The fourth-order valence-electron chi connectivity index (χ4n) is 2.54. The fraction of sp³-hybridized carbons (Fsp3) is 0.0500. The summed E-state index contributed by atoms with van der Waals surface area (Å²) in [5.41, 5.74) is 0.461. The van der Waals surface area contributed by atoms with Gasteiger partial charge in [0, 0.05) is 10.6 Å². The lowest BCUT2D eigenvalue weighted by Gasteiger charge is -2.13. The summed E-state index contributed by atoms with van der Waals surface area (Å²) in [6.07, 6.45) is 0. The molecule has 0 heterocycles. The average molecular weight is 433 g/mol. The normalized spacial score (nSPS) is 11.0. The third kappa shape index (κ3) is 4.79. The van der Waals surface area contributed by atoms with Gasteiger partial charge in [0.2, 0.25) is 0 Å². The first-order valence-corrected chi connectivity index (χ1v) is 10.2. The van der Waals surface area contributed by atoms with Crippen LogP contribution in [-0.4, -0.2) is 26.5 Å². The van der Waals surface area contributed by atoms with E-state index in [0.717, 1.165) is 6.07 Å². The molecule has 0 aliphatic rings. The highest BCUT2D eigenvalue weighted by Gasteiger charge is 2.19. The Labute approximate surface area is 173 Å². The van der Waals surface area contributed by atoms with E-state index in [1.165, 1.54) is 25.3 Å². The summed E-state index contributed by atoms with van der Waals surface area (Å²) in [4.78, 5) is 12.2. The van der Waals surface area contributed by atoms with Crippen LogP contribution in [0.2, 0.25) is 5.02 Å². The summed E-state index contributed by atoms with van der Waals surface area (Å²) in [7, 11) is -2.58. The lowest BCUT2D eigenvalue weighted by molar-refractivity contribution is 0.102. The number of anilines is 2. The summed E-state index contributed by atoms with van der Waals surface area (Å²) in [5, 5.41) is 12.9. The molecule has 0 radical (unpaired) electrons. The van der Waals surface area contributed by atoms with Crippen LogP contribution in [0.4, 0.5) is 11.4 Å². The van der Waals surface area contributed by atoms with Crippen molar-refractivity contribution in [1.29, 1.82) is 0 Å². The zero-order chi connectivity index (χ0) is 21.0. The number of hydrogen-bond acceptors (Lipinski definition) is 5. The predicted octanol–water partition coefficient (Wildman–Crippen LogP) is 4.11. The number of benzene rings is 3. The number of phenols is 1. The van der Waals surface area contributed by atoms with E-state index >= 15 is 0 Å². The molecule has 0 unspecified atom stereocenters. The minimum Gasteiger partial charge on any atom is -0.506 e. The number of para-hydroxylation sites is 2. The number of ether oxygens (including phenoxy) is 1. The fourth-order valence-corrected chi connectivity index (χ4v) is 3.83. The Bertz CT molecular complexity index is 1170. The molecule has 9 heteroatoms. The molecule has 0 fully saturated rings. The SMILES string of the molecule is COc1ccccc1NS(=O)(=O)c1ccc(O)c(NC(=O)c2cccc(Cl)c2)c1. The first kappa shape index (κ1) is 20.5. The minimum absolute atomic E-state index is 0.0575. The topological polar surface area (TPSA) is 105 Å². The highest BCUT2D eigenvalue weighted by Crippen LogP contribution is 2.30. The second kappa shape index (κ2) is 8.42. The molecule has 3 N–H and O–H groups in total. The van der Waals surface area contributed by atoms with Crippen LogP contribution in [0.25, 0.3) is 0 Å². The number of methoxy groups -OCH3 is 1. The van der Waals surface area contributed by atoms with Gasteiger partial charge in [-0.3, -0.25) is 9.52 Å². The molecule has 3 aromatic rings. The molecule has 7 nitrogen and oxygen atoms in total. The Morgan fingerprint density at radius 1 is 1.00 bits per heavy atom. The summed E-state index contributed by atoms with van der Waals surface area (Å²) >= 11 is 5.88. The number of amides is 1. The molecule has 0 bridgehead atoms. The molecular formula is C20H17ClN2O5S. The maximum atomic E-state index is 12.8. The highest BCUT2D eigenvalue weighted by atomic mass is 35.5. The first-order valence-electron chi connectivity index (χ1n) is 8.36. The number of phenolic OH excluding ortho intramolecular Hbond substituents is 1. The van der Waals surface area contributed by atoms with Crippen molar-refractivity contribution in [3.8, 4) is 11.5 Å². The summed E-state index contributed by atoms with van der Waals surface area (Å²) in [5.74, 6) is -0.476. The number of aromatic hydroxyl groups is 1. The Hall–Kier alpha value is -3.23. The molecule has 29 heavy (non-hydrogen) atoms. The first-order chi connectivity index (χ1) is 13.8. The van der Waals surface area contributed by atoms with Gasteiger partial charge >= 0.3 is 0 Å². The number of carbonyl (C=O) groups is 1. The van der Waals surface area contributed by atoms with Gasteiger partial charge in [0.05, 0.1) is 23.4 Å². The van der Waals surface area contributed by atoms with E-state index in [4.69, 9.17) is 16.3 Å². The lowest BCUT2D eigenvalue weighted by Crippen LogP contribution is -2.15. The van der Waals surface area contributed by atoms with Crippen molar-refractivity contribution < 1.29 is 23.1 Å². The van der Waals surface area contributed by atoms with Crippen molar-refractivity contribution in [3.63, 3.8) is 0 Å². The van der Waals surface area contributed by atoms with E-state index in [2.05, 4.69) is 10.0 Å². The molecule has 3 rings (SSSR count). The number of carbonyl (C=O) groups excluding carboxylic acids is 1. The zero-order valence-corrected chi connectivity index (χ0v) is 16.8. The van der Waals surface area contributed by atoms with Crippen molar-refractivity contribution in [2.24, 2.45) is 0 Å². The van der Waals surface area contributed by atoms with Crippen molar-refractivity contribution >= 4 is 38.9 Å². The van der Waals surface area contributed by atoms with Crippen molar-refractivity contribution in [2.75, 3.05) is 17.1 Å². The van der Waals surface area contributed by atoms with E-state index in [9.17, 15) is 18.3 Å². The van der Waals surface area contributed by atoms with Crippen molar-refractivity contribution in [1.82, 2.24) is 0 Å². The third-order valence-electron chi connectivity index (χ3n) is 3.96. The minimum atomic E-state index is -4.01. The van der Waals surface area contributed by atoms with Crippen LogP contribution in [0, 0.1) is 0 Å². The molecule has 0 atom stereocenters. The van der Waals surface area contributed by atoms with E-state index in [1.54, 1.807) is 42.5 Å². The van der Waals surface area contributed by atoms with E-state index in [0.29, 0.717) is 10.8 Å². The van der Waals surface area contributed by atoms with Gasteiger partial charge in [0.15, 0.2) is 0 Å². The second-order valence-corrected chi connectivity index (χ2v) is 8.07. The van der Waals surface area contributed by atoms with Crippen LogP contribution >= 0.6 is 11.6 Å². The zero-order valence-electron chi connectivity index (χ0n) is 15.2. The third-order valence-corrected chi connectivity index (χ3v) is 5.56. The molecule has 3 aromatic carbocycles. The largest absolute Gasteiger partial charge is 0.506 e. The Morgan fingerprint density at radius 3 is 2.48 bits per heavy atom. The summed E-state index contributed by atoms with van der Waals surface area (Å²) < 4.78 is 33.1. The van der Waals surface area contributed by atoms with E-state index in [1.807, 2.05) is 0 Å². The van der Waals surface area contributed by atoms with Gasteiger partial charge in [-0.25, -0.2) is 8.42 Å². The van der Waals surface area contributed by atoms with Gasteiger partial charge in [-0.2, -0.15) is 0 Å². The van der Waals surface area contributed by atoms with Gasteiger partial charge in [0.25, 0.3) is 15.9 Å². The molecule has 150 valence electrons. The van der Waals surface area contributed by atoms with Gasteiger partial charge in [-0.15, -0.1) is 0 Å². The molecule has 0 saturated heterocycles. The van der Waals surface area contributed by atoms with Gasteiger partial charge < -0.3 is 15.2 Å². The van der Waals surface area contributed by atoms with E-state index < -0.39 is 15.9 Å².